The minimum Gasteiger partial charge on any atom is -0.487 e. The van der Waals surface area contributed by atoms with Crippen molar-refractivity contribution in [2.45, 2.75) is 37.8 Å². The van der Waals surface area contributed by atoms with Gasteiger partial charge in [-0.05, 0) is 37.6 Å². The van der Waals surface area contributed by atoms with Crippen molar-refractivity contribution in [3.05, 3.63) is 54.0 Å². The van der Waals surface area contributed by atoms with Crippen LogP contribution in [0.25, 0.3) is 0 Å². The van der Waals surface area contributed by atoms with Crippen LogP contribution in [-0.4, -0.2) is 36.0 Å². The van der Waals surface area contributed by atoms with E-state index in [0.29, 0.717) is 5.76 Å². The van der Waals surface area contributed by atoms with Gasteiger partial charge in [-0.25, -0.2) is 0 Å². The Labute approximate surface area is 148 Å². The molecule has 5 nitrogen and oxygen atoms in total. The van der Waals surface area contributed by atoms with Gasteiger partial charge < -0.3 is 19.4 Å². The second kappa shape index (κ2) is 6.56. The standard InChI is InChI=1S/C20H24N2O3/c1-2-22-11-9-20(10-12-22)14-16(15-6-3-4-7-17(15)25-20)21-19(23)18-8-5-13-24-18/h3-8,13,16H,2,9-12,14H2,1H3,(H,21,23)/t16-/m1/s1. The number of furan rings is 1. The SMILES string of the molecule is CCN1CCC2(CC1)C[C@@H](NC(=O)c1ccco1)c1ccccc1O2. The van der Waals surface area contributed by atoms with E-state index in [9.17, 15) is 4.79 Å². The number of rotatable bonds is 3. The maximum Gasteiger partial charge on any atom is 0.287 e. The van der Waals surface area contributed by atoms with Gasteiger partial charge in [0.25, 0.3) is 5.91 Å². The summed E-state index contributed by atoms with van der Waals surface area (Å²) < 4.78 is 11.7. The first kappa shape index (κ1) is 16.2. The first-order valence-corrected chi connectivity index (χ1v) is 9.04. The molecule has 0 unspecified atom stereocenters. The van der Waals surface area contributed by atoms with E-state index in [0.717, 1.165) is 50.2 Å². The molecule has 1 saturated heterocycles. The van der Waals surface area contributed by atoms with Gasteiger partial charge in [0.2, 0.25) is 0 Å². The molecule has 1 amide bonds. The Morgan fingerprint density at radius 1 is 1.24 bits per heavy atom. The van der Waals surface area contributed by atoms with Gasteiger partial charge >= 0.3 is 0 Å². The van der Waals surface area contributed by atoms with Gasteiger partial charge in [0, 0.05) is 25.1 Å². The fourth-order valence-electron chi connectivity index (χ4n) is 3.97. The van der Waals surface area contributed by atoms with Gasteiger partial charge in [-0.3, -0.25) is 4.79 Å². The summed E-state index contributed by atoms with van der Waals surface area (Å²) in [5, 5.41) is 3.15. The molecule has 1 atom stereocenters. The molecule has 1 aromatic heterocycles. The summed E-state index contributed by atoms with van der Waals surface area (Å²) in [5.74, 6) is 1.06. The number of para-hydroxylation sites is 1. The van der Waals surface area contributed by atoms with Gasteiger partial charge in [-0.2, -0.15) is 0 Å². The molecule has 25 heavy (non-hydrogen) atoms. The van der Waals surface area contributed by atoms with Crippen molar-refractivity contribution < 1.29 is 13.9 Å². The zero-order valence-electron chi connectivity index (χ0n) is 14.5. The zero-order valence-corrected chi connectivity index (χ0v) is 14.5. The lowest BCUT2D eigenvalue weighted by molar-refractivity contribution is -0.0236. The van der Waals surface area contributed by atoms with Crippen LogP contribution in [0.3, 0.4) is 0 Å². The van der Waals surface area contributed by atoms with E-state index in [1.165, 1.54) is 6.26 Å². The molecule has 132 valence electrons. The monoisotopic (exact) mass is 340 g/mol. The highest BCUT2D eigenvalue weighted by Gasteiger charge is 2.43. The van der Waals surface area contributed by atoms with E-state index < -0.39 is 0 Å². The molecule has 1 fully saturated rings. The zero-order chi connectivity index (χ0) is 17.3. The molecule has 0 saturated carbocycles. The number of fused-ring (bicyclic) bond motifs is 1. The molecule has 0 bridgehead atoms. The molecule has 1 spiro atoms. The Morgan fingerprint density at radius 3 is 2.76 bits per heavy atom. The smallest absolute Gasteiger partial charge is 0.287 e. The number of nitrogens with zero attached hydrogens (tertiary/aromatic N) is 1. The van der Waals surface area contributed by atoms with Crippen LogP contribution in [0.2, 0.25) is 0 Å². The predicted octanol–water partition coefficient (Wildman–Crippen LogP) is 3.39. The van der Waals surface area contributed by atoms with E-state index in [2.05, 4.69) is 17.1 Å². The van der Waals surface area contributed by atoms with Crippen LogP contribution in [-0.2, 0) is 0 Å². The Kier molecular flexibility index (Phi) is 4.25. The van der Waals surface area contributed by atoms with Gasteiger partial charge in [0.15, 0.2) is 5.76 Å². The lowest BCUT2D eigenvalue weighted by Crippen LogP contribution is -2.52. The van der Waals surface area contributed by atoms with E-state index in [1.807, 2.05) is 24.3 Å². The second-order valence-electron chi connectivity index (χ2n) is 6.96. The van der Waals surface area contributed by atoms with Crippen molar-refractivity contribution in [2.24, 2.45) is 0 Å². The van der Waals surface area contributed by atoms with Crippen LogP contribution in [0.1, 0.15) is 48.3 Å². The molecule has 0 aliphatic carbocycles. The molecule has 2 aliphatic heterocycles. The van der Waals surface area contributed by atoms with Crippen LogP contribution in [0, 0.1) is 0 Å². The second-order valence-corrected chi connectivity index (χ2v) is 6.96. The first-order chi connectivity index (χ1) is 12.2. The summed E-state index contributed by atoms with van der Waals surface area (Å²) in [7, 11) is 0. The third kappa shape index (κ3) is 3.16. The van der Waals surface area contributed by atoms with Crippen molar-refractivity contribution in [1.82, 2.24) is 10.2 Å². The van der Waals surface area contributed by atoms with Crippen LogP contribution in [0.5, 0.6) is 5.75 Å². The number of hydrogen-bond donors (Lipinski definition) is 1. The number of carbonyl (C=O) groups excluding carboxylic acids is 1. The van der Waals surface area contributed by atoms with E-state index in [4.69, 9.17) is 9.15 Å². The minimum absolute atomic E-state index is 0.0595. The number of hydrogen-bond acceptors (Lipinski definition) is 4. The lowest BCUT2D eigenvalue weighted by Gasteiger charge is -2.46. The third-order valence-electron chi connectivity index (χ3n) is 5.46. The molecule has 4 rings (SSSR count). The molecule has 1 N–H and O–H groups in total. The maximum absolute atomic E-state index is 12.5. The van der Waals surface area contributed by atoms with E-state index in [1.54, 1.807) is 12.1 Å². The Hall–Kier alpha value is -2.27. The molecular formula is C20H24N2O3. The Bertz CT molecular complexity index is 733. The topological polar surface area (TPSA) is 54.7 Å². The highest BCUT2D eigenvalue weighted by molar-refractivity contribution is 5.91. The molecule has 5 heteroatoms. The molecular weight excluding hydrogens is 316 g/mol. The summed E-state index contributed by atoms with van der Waals surface area (Å²) in [4.78, 5) is 14.9. The number of likely N-dealkylation sites (tertiary alicyclic amines) is 1. The van der Waals surface area contributed by atoms with Crippen LogP contribution in [0.4, 0.5) is 0 Å². The Morgan fingerprint density at radius 2 is 2.04 bits per heavy atom. The van der Waals surface area contributed by atoms with E-state index >= 15 is 0 Å². The summed E-state index contributed by atoms with van der Waals surface area (Å²) in [6, 6.07) is 11.4. The largest absolute Gasteiger partial charge is 0.487 e. The fourth-order valence-corrected chi connectivity index (χ4v) is 3.97. The van der Waals surface area contributed by atoms with Crippen molar-refractivity contribution in [1.29, 1.82) is 0 Å². The minimum atomic E-state index is -0.193. The maximum atomic E-state index is 12.5. The number of benzene rings is 1. The van der Waals surface area contributed by atoms with E-state index in [-0.39, 0.29) is 17.6 Å². The van der Waals surface area contributed by atoms with Crippen LogP contribution in [0.15, 0.2) is 47.1 Å². The quantitative estimate of drug-likeness (QED) is 0.930. The highest BCUT2D eigenvalue weighted by atomic mass is 16.5. The van der Waals surface area contributed by atoms with Crippen molar-refractivity contribution in [2.75, 3.05) is 19.6 Å². The fraction of sp³-hybridized carbons (Fsp3) is 0.450. The Balaban J connectivity index is 1.58. The number of nitrogens with one attached hydrogen (secondary N) is 1. The average molecular weight is 340 g/mol. The number of carbonyl (C=O) groups is 1. The van der Waals surface area contributed by atoms with Crippen LogP contribution >= 0.6 is 0 Å². The predicted molar refractivity (Wildman–Crippen MR) is 94.7 cm³/mol. The van der Waals surface area contributed by atoms with Gasteiger partial charge in [0.05, 0.1) is 12.3 Å². The first-order valence-electron chi connectivity index (χ1n) is 9.04. The molecule has 2 aromatic rings. The molecule has 1 aromatic carbocycles. The molecule has 2 aliphatic rings. The highest BCUT2D eigenvalue weighted by Crippen LogP contribution is 2.44. The van der Waals surface area contributed by atoms with Crippen molar-refractivity contribution >= 4 is 5.91 Å². The molecule has 0 radical (unpaired) electrons. The number of amides is 1. The van der Waals surface area contributed by atoms with Gasteiger partial charge in [-0.15, -0.1) is 0 Å². The van der Waals surface area contributed by atoms with Crippen LogP contribution < -0.4 is 10.1 Å². The van der Waals surface area contributed by atoms with Gasteiger partial charge in [-0.1, -0.05) is 25.1 Å². The summed E-state index contributed by atoms with van der Waals surface area (Å²) in [6.45, 7) is 5.35. The summed E-state index contributed by atoms with van der Waals surface area (Å²) in [5.41, 5.74) is 0.854. The third-order valence-corrected chi connectivity index (χ3v) is 5.46. The number of ether oxygens (including phenoxy) is 1. The van der Waals surface area contributed by atoms with Crippen molar-refractivity contribution in [3.8, 4) is 5.75 Å². The summed E-state index contributed by atoms with van der Waals surface area (Å²) >= 11 is 0. The normalized spacial score (nSPS) is 22.2. The average Bonchev–Trinajstić information content (AvgIpc) is 3.17. The van der Waals surface area contributed by atoms with Gasteiger partial charge in [0.1, 0.15) is 11.4 Å². The number of piperidine rings is 1. The summed E-state index contributed by atoms with van der Waals surface area (Å²) in [6.07, 6.45) is 4.30. The van der Waals surface area contributed by atoms with Crippen molar-refractivity contribution in [3.63, 3.8) is 0 Å². The lowest BCUT2D eigenvalue weighted by atomic mass is 9.80. The molecule has 3 heterocycles.